The van der Waals surface area contributed by atoms with Crippen molar-refractivity contribution in [2.75, 3.05) is 26.5 Å². The lowest BCUT2D eigenvalue weighted by Crippen LogP contribution is -2.09. The summed E-state index contributed by atoms with van der Waals surface area (Å²) in [5, 5.41) is 9.27. The second-order valence-electron chi connectivity index (χ2n) is 9.37. The maximum Gasteiger partial charge on any atom is 0.209 e. The Balaban J connectivity index is 0.000000892. The van der Waals surface area contributed by atoms with Gasteiger partial charge in [-0.05, 0) is 81.8 Å². The van der Waals surface area contributed by atoms with Crippen LogP contribution >= 0.6 is 27.7 Å². The molecule has 1 N–H and O–H groups in total. The molecule has 12 heteroatoms. The van der Waals surface area contributed by atoms with Gasteiger partial charge in [0.1, 0.15) is 18.1 Å². The van der Waals surface area contributed by atoms with Crippen molar-refractivity contribution in [1.29, 1.82) is 0 Å². The van der Waals surface area contributed by atoms with E-state index in [2.05, 4.69) is 31.1 Å². The van der Waals surface area contributed by atoms with Gasteiger partial charge in [0, 0.05) is 35.5 Å². The summed E-state index contributed by atoms with van der Waals surface area (Å²) in [5.74, 6) is 1.99. The molecule has 0 bridgehead atoms. The summed E-state index contributed by atoms with van der Waals surface area (Å²) in [7, 11) is 3.38. The van der Waals surface area contributed by atoms with Crippen LogP contribution in [-0.2, 0) is 11.4 Å². The van der Waals surface area contributed by atoms with Gasteiger partial charge in [0.2, 0.25) is 6.41 Å². The number of aryl methyl sites for hydroxylation is 1. The van der Waals surface area contributed by atoms with Crippen molar-refractivity contribution in [3.8, 4) is 17.2 Å². The average Bonchev–Trinajstić information content (AvgIpc) is 3.51. The third-order valence-corrected chi connectivity index (χ3v) is 7.36. The van der Waals surface area contributed by atoms with Gasteiger partial charge in [-0.25, -0.2) is 0 Å². The van der Waals surface area contributed by atoms with Gasteiger partial charge < -0.3 is 19.4 Å². The maximum atomic E-state index is 13.1. The molecule has 4 rings (SSSR count). The second-order valence-corrected chi connectivity index (χ2v) is 11.2. The van der Waals surface area contributed by atoms with Crippen molar-refractivity contribution in [2.45, 2.75) is 39.5 Å². The van der Waals surface area contributed by atoms with Crippen molar-refractivity contribution < 1.29 is 23.9 Å². The third kappa shape index (κ3) is 8.56. The number of aromatic nitrogens is 4. The zero-order valence-corrected chi connectivity index (χ0v) is 26.8. The minimum Gasteiger partial charge on any atom is -0.494 e. The summed E-state index contributed by atoms with van der Waals surface area (Å²) in [5.41, 5.74) is 3.21. The molecule has 0 aliphatic carbocycles. The number of thioether (sulfide) groups is 1. The van der Waals surface area contributed by atoms with Gasteiger partial charge >= 0.3 is 0 Å². The Bertz CT molecular complexity index is 1510. The quantitative estimate of drug-likeness (QED) is 0.115. The number of amides is 1. The summed E-state index contributed by atoms with van der Waals surface area (Å²) in [6.45, 7) is 7.79. The number of aromatic amines is 1. The fraction of sp³-hybridized carbons (Fsp3) is 0.300. The summed E-state index contributed by atoms with van der Waals surface area (Å²) >= 11 is 4.70. The minimum absolute atomic E-state index is 0.0661. The van der Waals surface area contributed by atoms with E-state index in [0.717, 1.165) is 22.3 Å². The number of nitrogens with zero attached hydrogens (tertiary/aromatic N) is 4. The number of hydrogen-bond acceptors (Lipinski definition) is 8. The van der Waals surface area contributed by atoms with Crippen LogP contribution in [0.1, 0.15) is 51.8 Å². The Morgan fingerprint density at radius 2 is 1.62 bits per heavy atom. The zero-order valence-electron chi connectivity index (χ0n) is 24.4. The van der Waals surface area contributed by atoms with Crippen LogP contribution in [-0.4, -0.2) is 69.1 Å². The normalized spacial score (nSPS) is 10.5. The Labute approximate surface area is 257 Å². The summed E-state index contributed by atoms with van der Waals surface area (Å²) < 4.78 is 14.4. The molecule has 1 amide bonds. The maximum absolute atomic E-state index is 13.1. The molecule has 4 aromatic rings. The van der Waals surface area contributed by atoms with E-state index < -0.39 is 0 Å². The smallest absolute Gasteiger partial charge is 0.209 e. The van der Waals surface area contributed by atoms with Gasteiger partial charge in [-0.3, -0.25) is 19.0 Å². The number of nitrogens with one attached hydrogen (secondary N) is 1. The van der Waals surface area contributed by atoms with Gasteiger partial charge in [-0.1, -0.05) is 27.7 Å². The first-order valence-electron chi connectivity index (χ1n) is 13.1. The van der Waals surface area contributed by atoms with Crippen molar-refractivity contribution >= 4 is 45.7 Å². The predicted molar refractivity (Wildman–Crippen MR) is 166 cm³/mol. The number of H-pyrrole nitrogens is 1. The topological polar surface area (TPSA) is 119 Å². The highest BCUT2D eigenvalue weighted by Gasteiger charge is 2.22. The lowest BCUT2D eigenvalue weighted by atomic mass is 10.1. The zero-order chi connectivity index (χ0) is 30.8. The number of halogens is 1. The molecule has 0 aliphatic rings. The number of benzene rings is 2. The molecule has 0 fully saturated rings. The van der Waals surface area contributed by atoms with Crippen LogP contribution < -0.4 is 9.47 Å². The molecule has 0 atom stereocenters. The Morgan fingerprint density at radius 3 is 2.17 bits per heavy atom. The number of Topliss-reactive ketones (excluding diaryl/α,β-unsaturated/α-hetero) is 2. The van der Waals surface area contributed by atoms with Crippen LogP contribution in [0.4, 0.5) is 0 Å². The predicted octanol–water partition coefficient (Wildman–Crippen LogP) is 5.83. The third-order valence-electron chi connectivity index (χ3n) is 5.90. The SMILES string of the molecule is CCOc1ccc(-n2c(COc3ccc(Br)cc3)nnc2SCC(=O)c2[nH]c(C)c(C(C)=O)c2C)cc1.CN(C)C=O. The lowest BCUT2D eigenvalue weighted by molar-refractivity contribution is -0.115. The number of rotatable bonds is 12. The molecular formula is C30H34BrN5O5S. The monoisotopic (exact) mass is 655 g/mol. The van der Waals surface area contributed by atoms with E-state index in [9.17, 15) is 14.4 Å². The van der Waals surface area contributed by atoms with Gasteiger partial charge in [-0.15, -0.1) is 10.2 Å². The van der Waals surface area contributed by atoms with E-state index in [4.69, 9.17) is 9.47 Å². The number of carbonyl (C=O) groups excluding carboxylic acids is 3. The van der Waals surface area contributed by atoms with Crippen LogP contribution in [0.5, 0.6) is 11.5 Å². The van der Waals surface area contributed by atoms with Gasteiger partial charge in [0.05, 0.1) is 18.1 Å². The first-order chi connectivity index (χ1) is 20.0. The molecule has 0 spiro atoms. The molecule has 42 heavy (non-hydrogen) atoms. The molecule has 0 saturated heterocycles. The highest BCUT2D eigenvalue weighted by molar-refractivity contribution is 9.10. The van der Waals surface area contributed by atoms with E-state index in [1.165, 1.54) is 23.6 Å². The molecule has 2 aromatic carbocycles. The Hall–Kier alpha value is -3.90. The van der Waals surface area contributed by atoms with Gasteiger partial charge in [0.15, 0.2) is 22.5 Å². The lowest BCUT2D eigenvalue weighted by Gasteiger charge is -2.12. The summed E-state index contributed by atoms with van der Waals surface area (Å²) in [6.07, 6.45) is 0.750. The first kappa shape index (κ1) is 32.6. The Kier molecular flexibility index (Phi) is 11.9. The number of hydrogen-bond donors (Lipinski definition) is 1. The fourth-order valence-electron chi connectivity index (χ4n) is 4.04. The van der Waals surface area contributed by atoms with Gasteiger partial charge in [-0.2, -0.15) is 0 Å². The van der Waals surface area contributed by atoms with Crippen LogP contribution in [0.25, 0.3) is 5.69 Å². The highest BCUT2D eigenvalue weighted by Crippen LogP contribution is 2.27. The molecular weight excluding hydrogens is 622 g/mol. The van der Waals surface area contributed by atoms with Gasteiger partial charge in [0.25, 0.3) is 0 Å². The van der Waals surface area contributed by atoms with Crippen molar-refractivity contribution in [1.82, 2.24) is 24.6 Å². The number of ether oxygens (including phenoxy) is 2. The molecule has 2 heterocycles. The number of carbonyl (C=O) groups is 3. The van der Waals surface area contributed by atoms with Crippen LogP contribution in [0.3, 0.4) is 0 Å². The van der Waals surface area contributed by atoms with Crippen LogP contribution in [0.2, 0.25) is 0 Å². The molecule has 222 valence electrons. The Morgan fingerprint density at radius 1 is 1.02 bits per heavy atom. The van der Waals surface area contributed by atoms with E-state index >= 15 is 0 Å². The molecule has 0 aliphatic heterocycles. The van der Waals surface area contributed by atoms with Crippen LogP contribution in [0, 0.1) is 13.8 Å². The molecule has 0 unspecified atom stereocenters. The fourth-order valence-corrected chi connectivity index (χ4v) is 5.15. The van der Waals surface area contributed by atoms with E-state index in [0.29, 0.717) is 45.9 Å². The molecule has 2 aromatic heterocycles. The van der Waals surface area contributed by atoms with E-state index in [-0.39, 0.29) is 23.9 Å². The molecule has 0 radical (unpaired) electrons. The number of ketones is 2. The minimum atomic E-state index is -0.119. The van der Waals surface area contributed by atoms with Crippen molar-refractivity contribution in [3.05, 3.63) is 81.3 Å². The van der Waals surface area contributed by atoms with Crippen LogP contribution in [0.15, 0.2) is 58.2 Å². The van der Waals surface area contributed by atoms with E-state index in [1.54, 1.807) is 27.9 Å². The highest BCUT2D eigenvalue weighted by atomic mass is 79.9. The largest absolute Gasteiger partial charge is 0.494 e. The first-order valence-corrected chi connectivity index (χ1v) is 14.9. The average molecular weight is 657 g/mol. The second kappa shape index (κ2) is 15.4. The molecule has 0 saturated carbocycles. The van der Waals surface area contributed by atoms with Crippen molar-refractivity contribution in [2.24, 2.45) is 0 Å². The van der Waals surface area contributed by atoms with E-state index in [1.807, 2.05) is 60.0 Å². The van der Waals surface area contributed by atoms with Crippen molar-refractivity contribution in [3.63, 3.8) is 0 Å². The summed E-state index contributed by atoms with van der Waals surface area (Å²) in [6, 6.07) is 15.1. The standard InChI is InChI=1S/C27H27BrN4O4S.C3H7NO/c1-5-35-21-12-8-20(9-13-21)32-24(14-36-22-10-6-19(28)7-11-22)30-31-27(32)37-15-23(34)26-16(2)25(18(4)33)17(3)29-26;1-4(2)3-5/h6-13,29H,5,14-15H2,1-4H3;3H,1-2H3. The summed E-state index contributed by atoms with van der Waals surface area (Å²) in [4.78, 5) is 39.0. The molecule has 10 nitrogen and oxygen atoms in total.